The fourth-order valence-electron chi connectivity index (χ4n) is 2.39. The van der Waals surface area contributed by atoms with Crippen LogP contribution in [0.2, 0.25) is 0 Å². The molecule has 5 heteroatoms. The van der Waals surface area contributed by atoms with Crippen LogP contribution >= 0.6 is 0 Å². The molecular formula is C17H23NO4. The van der Waals surface area contributed by atoms with E-state index < -0.39 is 0 Å². The highest BCUT2D eigenvalue weighted by Crippen LogP contribution is 2.15. The van der Waals surface area contributed by atoms with Crippen molar-refractivity contribution >= 4 is 11.7 Å². The molecule has 2 rings (SSSR count). The van der Waals surface area contributed by atoms with Crippen LogP contribution in [0.4, 0.5) is 0 Å². The monoisotopic (exact) mass is 305 g/mol. The molecule has 1 amide bonds. The minimum Gasteiger partial charge on any atom is -0.484 e. The van der Waals surface area contributed by atoms with Gasteiger partial charge in [-0.25, -0.2) is 0 Å². The molecule has 1 N–H and O–H groups in total. The van der Waals surface area contributed by atoms with Crippen molar-refractivity contribution in [2.75, 3.05) is 19.8 Å². The lowest BCUT2D eigenvalue weighted by atomic mass is 10.1. The first kappa shape index (κ1) is 16.5. The summed E-state index contributed by atoms with van der Waals surface area (Å²) in [6.45, 7) is 3.25. The standard InChI is InChI=1S/C17H23NO4/c1-2-16(19)13-5-7-15(8-6-13)22-12-17(20)18-10-9-14-4-3-11-21-14/h5-8,14H,2-4,9-12H2,1H3,(H,18,20)/t14-/m1/s1. The van der Waals surface area contributed by atoms with Crippen LogP contribution in [0.1, 0.15) is 43.0 Å². The van der Waals surface area contributed by atoms with Crippen molar-refractivity contribution in [2.45, 2.75) is 38.7 Å². The molecule has 0 spiro atoms. The largest absolute Gasteiger partial charge is 0.484 e. The summed E-state index contributed by atoms with van der Waals surface area (Å²) >= 11 is 0. The third-order valence-electron chi connectivity index (χ3n) is 3.68. The number of Topliss-reactive ketones (excluding diaryl/α,β-unsaturated/α-hetero) is 1. The number of hydrogen-bond acceptors (Lipinski definition) is 4. The molecule has 0 unspecified atom stereocenters. The predicted octanol–water partition coefficient (Wildman–Crippen LogP) is 2.34. The van der Waals surface area contributed by atoms with Crippen LogP contribution < -0.4 is 10.1 Å². The number of benzene rings is 1. The van der Waals surface area contributed by atoms with Gasteiger partial charge in [0.15, 0.2) is 12.4 Å². The van der Waals surface area contributed by atoms with Crippen LogP contribution in [0, 0.1) is 0 Å². The molecule has 1 aliphatic heterocycles. The summed E-state index contributed by atoms with van der Waals surface area (Å²) in [5, 5.41) is 2.82. The highest BCUT2D eigenvalue weighted by molar-refractivity contribution is 5.95. The van der Waals surface area contributed by atoms with Gasteiger partial charge in [-0.2, -0.15) is 0 Å². The lowest BCUT2D eigenvalue weighted by Gasteiger charge is -2.11. The van der Waals surface area contributed by atoms with Gasteiger partial charge in [-0.1, -0.05) is 6.92 Å². The Morgan fingerprint density at radius 3 is 2.73 bits per heavy atom. The summed E-state index contributed by atoms with van der Waals surface area (Å²) in [6, 6.07) is 6.86. The summed E-state index contributed by atoms with van der Waals surface area (Å²) in [5.74, 6) is 0.534. The Kier molecular flexibility index (Phi) is 6.40. The Hall–Kier alpha value is -1.88. The molecule has 1 fully saturated rings. The van der Waals surface area contributed by atoms with Gasteiger partial charge in [0.2, 0.25) is 0 Å². The number of ketones is 1. The molecule has 0 aliphatic carbocycles. The molecule has 1 aliphatic rings. The van der Waals surface area contributed by atoms with Crippen LogP contribution in [0.15, 0.2) is 24.3 Å². The second-order valence-electron chi connectivity index (χ2n) is 5.36. The first-order chi connectivity index (χ1) is 10.7. The predicted molar refractivity (Wildman–Crippen MR) is 83.2 cm³/mol. The van der Waals surface area contributed by atoms with E-state index in [4.69, 9.17) is 9.47 Å². The minimum absolute atomic E-state index is 0.0212. The maximum Gasteiger partial charge on any atom is 0.257 e. The van der Waals surface area contributed by atoms with Gasteiger partial charge in [-0.15, -0.1) is 0 Å². The third kappa shape index (κ3) is 5.15. The van der Waals surface area contributed by atoms with Crippen molar-refractivity contribution in [3.8, 4) is 5.75 Å². The molecule has 0 radical (unpaired) electrons. The van der Waals surface area contributed by atoms with Gasteiger partial charge in [-0.05, 0) is 43.5 Å². The molecule has 0 bridgehead atoms. The van der Waals surface area contributed by atoms with E-state index in [1.807, 2.05) is 6.92 Å². The molecule has 1 aromatic rings. The summed E-state index contributed by atoms with van der Waals surface area (Å²) in [7, 11) is 0. The number of hydrogen-bond donors (Lipinski definition) is 1. The summed E-state index contributed by atoms with van der Waals surface area (Å²) in [6.07, 6.45) is 3.80. The number of carbonyl (C=O) groups excluding carboxylic acids is 2. The van der Waals surface area contributed by atoms with Crippen molar-refractivity contribution in [3.63, 3.8) is 0 Å². The highest BCUT2D eigenvalue weighted by atomic mass is 16.5. The van der Waals surface area contributed by atoms with E-state index in [0.717, 1.165) is 25.9 Å². The molecule has 1 saturated heterocycles. The average molecular weight is 305 g/mol. The summed E-state index contributed by atoms with van der Waals surface area (Å²) < 4.78 is 10.9. The maximum atomic E-state index is 11.7. The van der Waals surface area contributed by atoms with Crippen LogP contribution in [0.25, 0.3) is 0 Å². The van der Waals surface area contributed by atoms with Crippen LogP contribution in [-0.2, 0) is 9.53 Å². The normalized spacial score (nSPS) is 17.2. The molecule has 5 nitrogen and oxygen atoms in total. The van der Waals surface area contributed by atoms with Gasteiger partial charge in [0.1, 0.15) is 5.75 Å². The fourth-order valence-corrected chi connectivity index (χ4v) is 2.39. The van der Waals surface area contributed by atoms with E-state index in [0.29, 0.717) is 24.3 Å². The Morgan fingerprint density at radius 1 is 1.32 bits per heavy atom. The lowest BCUT2D eigenvalue weighted by Crippen LogP contribution is -2.31. The van der Waals surface area contributed by atoms with Crippen molar-refractivity contribution in [1.29, 1.82) is 0 Å². The SMILES string of the molecule is CCC(=O)c1ccc(OCC(=O)NCC[C@H]2CCCO2)cc1. The second-order valence-corrected chi connectivity index (χ2v) is 5.36. The number of amides is 1. The van der Waals surface area contributed by atoms with Gasteiger partial charge in [-0.3, -0.25) is 9.59 Å². The molecule has 1 atom stereocenters. The summed E-state index contributed by atoms with van der Waals surface area (Å²) in [5.41, 5.74) is 0.663. The lowest BCUT2D eigenvalue weighted by molar-refractivity contribution is -0.123. The van der Waals surface area contributed by atoms with Crippen LogP contribution in [0.3, 0.4) is 0 Å². The van der Waals surface area contributed by atoms with Crippen molar-refractivity contribution in [2.24, 2.45) is 0 Å². The molecule has 22 heavy (non-hydrogen) atoms. The molecule has 120 valence electrons. The van der Waals surface area contributed by atoms with Crippen molar-refractivity contribution in [1.82, 2.24) is 5.32 Å². The molecule has 1 aromatic carbocycles. The third-order valence-corrected chi connectivity index (χ3v) is 3.68. The number of carbonyl (C=O) groups is 2. The quantitative estimate of drug-likeness (QED) is 0.749. The topological polar surface area (TPSA) is 64.6 Å². The maximum absolute atomic E-state index is 11.7. The van der Waals surface area contributed by atoms with Crippen molar-refractivity contribution in [3.05, 3.63) is 29.8 Å². The van der Waals surface area contributed by atoms with E-state index >= 15 is 0 Å². The smallest absolute Gasteiger partial charge is 0.257 e. The van der Waals surface area contributed by atoms with Gasteiger partial charge in [0, 0.05) is 25.1 Å². The molecule has 0 aromatic heterocycles. The molecule has 0 saturated carbocycles. The van der Waals surface area contributed by atoms with Crippen molar-refractivity contribution < 1.29 is 19.1 Å². The average Bonchev–Trinajstić information content (AvgIpc) is 3.06. The molecule has 1 heterocycles. The molecular weight excluding hydrogens is 282 g/mol. The van der Waals surface area contributed by atoms with Crippen LogP contribution in [-0.4, -0.2) is 37.6 Å². The van der Waals surface area contributed by atoms with E-state index in [9.17, 15) is 9.59 Å². The van der Waals surface area contributed by atoms with Gasteiger partial charge in [0.05, 0.1) is 6.10 Å². The van der Waals surface area contributed by atoms with Gasteiger partial charge >= 0.3 is 0 Å². The van der Waals surface area contributed by atoms with Crippen LogP contribution in [0.5, 0.6) is 5.75 Å². The zero-order chi connectivity index (χ0) is 15.8. The van der Waals surface area contributed by atoms with Gasteiger partial charge < -0.3 is 14.8 Å². The second kappa shape index (κ2) is 8.54. The zero-order valence-corrected chi connectivity index (χ0v) is 13.0. The van der Waals surface area contributed by atoms with E-state index in [-0.39, 0.29) is 24.4 Å². The van der Waals surface area contributed by atoms with E-state index in [1.54, 1.807) is 24.3 Å². The Balaban J connectivity index is 1.66. The minimum atomic E-state index is -0.147. The highest BCUT2D eigenvalue weighted by Gasteiger charge is 2.15. The number of rotatable bonds is 8. The first-order valence-electron chi connectivity index (χ1n) is 7.83. The van der Waals surface area contributed by atoms with E-state index in [2.05, 4.69) is 5.32 Å². The summed E-state index contributed by atoms with van der Waals surface area (Å²) in [4.78, 5) is 23.2. The fraction of sp³-hybridized carbons (Fsp3) is 0.529. The first-order valence-corrected chi connectivity index (χ1v) is 7.83. The van der Waals surface area contributed by atoms with E-state index in [1.165, 1.54) is 0 Å². The Bertz CT molecular complexity index is 492. The van der Waals surface area contributed by atoms with Gasteiger partial charge in [0.25, 0.3) is 5.91 Å². The Morgan fingerprint density at radius 2 is 2.09 bits per heavy atom. The number of ether oxygens (including phenoxy) is 2. The Labute approximate surface area is 131 Å². The zero-order valence-electron chi connectivity index (χ0n) is 13.0. The number of nitrogens with one attached hydrogen (secondary N) is 1.